The summed E-state index contributed by atoms with van der Waals surface area (Å²) in [4.78, 5) is 28.9. The van der Waals surface area contributed by atoms with Gasteiger partial charge in [0, 0.05) is 17.6 Å². The minimum atomic E-state index is -4.14. The summed E-state index contributed by atoms with van der Waals surface area (Å²) in [7, 11) is -2.57. The van der Waals surface area contributed by atoms with Crippen molar-refractivity contribution >= 4 is 39.1 Å². The maximum Gasteiger partial charge on any atom is 0.264 e. The minimum Gasteiger partial charge on any atom is -0.497 e. The van der Waals surface area contributed by atoms with Crippen LogP contribution in [0.5, 0.6) is 5.75 Å². The average Bonchev–Trinajstić information content (AvgIpc) is 2.99. The molecule has 0 saturated heterocycles. The van der Waals surface area contributed by atoms with Gasteiger partial charge in [-0.25, -0.2) is 8.42 Å². The number of carbonyl (C=O) groups is 2. The molecule has 1 aliphatic rings. The number of sulfonamides is 1. The Morgan fingerprint density at radius 2 is 1.66 bits per heavy atom. The molecule has 41 heavy (non-hydrogen) atoms. The third-order valence-electron chi connectivity index (χ3n) is 7.34. The van der Waals surface area contributed by atoms with Crippen molar-refractivity contribution in [3.05, 3.63) is 89.4 Å². The Morgan fingerprint density at radius 1 is 0.976 bits per heavy atom. The molecule has 4 rings (SSSR count). The van der Waals surface area contributed by atoms with Gasteiger partial charge in [-0.15, -0.1) is 0 Å². The Balaban J connectivity index is 1.66. The van der Waals surface area contributed by atoms with Gasteiger partial charge < -0.3 is 15.0 Å². The predicted octanol–water partition coefficient (Wildman–Crippen LogP) is 5.41. The lowest BCUT2D eigenvalue weighted by molar-refractivity contribution is -0.139. The first-order valence-electron chi connectivity index (χ1n) is 13.7. The molecule has 1 saturated carbocycles. The summed E-state index contributed by atoms with van der Waals surface area (Å²) >= 11 is 6.22. The number of amides is 2. The maximum atomic E-state index is 14.0. The van der Waals surface area contributed by atoms with E-state index in [-0.39, 0.29) is 29.1 Å². The van der Waals surface area contributed by atoms with Crippen LogP contribution in [0.4, 0.5) is 5.69 Å². The lowest BCUT2D eigenvalue weighted by Gasteiger charge is -2.33. The van der Waals surface area contributed by atoms with Crippen LogP contribution in [0, 0.1) is 0 Å². The van der Waals surface area contributed by atoms with Crippen molar-refractivity contribution in [1.29, 1.82) is 0 Å². The Labute approximate surface area is 247 Å². The van der Waals surface area contributed by atoms with Crippen LogP contribution in [0.1, 0.15) is 44.6 Å². The van der Waals surface area contributed by atoms with Crippen LogP contribution in [0.2, 0.25) is 5.02 Å². The van der Waals surface area contributed by atoms with E-state index in [1.807, 2.05) is 12.1 Å². The minimum absolute atomic E-state index is 0.0394. The third kappa shape index (κ3) is 7.80. The zero-order valence-electron chi connectivity index (χ0n) is 23.3. The highest BCUT2D eigenvalue weighted by Gasteiger charge is 2.33. The number of benzene rings is 3. The Morgan fingerprint density at radius 3 is 2.29 bits per heavy atom. The molecule has 10 heteroatoms. The normalized spacial score (nSPS) is 14.6. The van der Waals surface area contributed by atoms with Crippen molar-refractivity contribution in [3.63, 3.8) is 0 Å². The zero-order valence-corrected chi connectivity index (χ0v) is 24.9. The second-order valence-electron chi connectivity index (χ2n) is 10.2. The highest BCUT2D eigenvalue weighted by molar-refractivity contribution is 7.92. The topological polar surface area (TPSA) is 96.0 Å². The van der Waals surface area contributed by atoms with E-state index >= 15 is 0 Å². The highest BCUT2D eigenvalue weighted by Crippen LogP contribution is 2.27. The highest BCUT2D eigenvalue weighted by atomic mass is 35.5. The average molecular weight is 598 g/mol. The summed E-state index contributed by atoms with van der Waals surface area (Å²) in [5.41, 5.74) is 1.02. The molecule has 8 nitrogen and oxygen atoms in total. The van der Waals surface area contributed by atoms with Crippen molar-refractivity contribution in [2.75, 3.05) is 18.0 Å². The molecule has 0 heterocycles. The molecule has 1 atom stereocenters. The van der Waals surface area contributed by atoms with Crippen LogP contribution in [0.25, 0.3) is 0 Å². The molecule has 0 radical (unpaired) electrons. The van der Waals surface area contributed by atoms with E-state index in [0.29, 0.717) is 10.8 Å². The summed E-state index contributed by atoms with van der Waals surface area (Å²) < 4.78 is 33.9. The SMILES string of the molecule is COc1ccc(CN(C(=O)CN(c2cccc(Cl)c2)S(=O)(=O)c2ccccc2)C(C)C(=O)NC2CCCCC2)cc1. The number of nitrogens with one attached hydrogen (secondary N) is 1. The number of carbonyl (C=O) groups excluding carboxylic acids is 2. The first-order valence-corrected chi connectivity index (χ1v) is 15.6. The second-order valence-corrected chi connectivity index (χ2v) is 12.5. The number of anilines is 1. The van der Waals surface area contributed by atoms with Gasteiger partial charge in [-0.3, -0.25) is 13.9 Å². The van der Waals surface area contributed by atoms with E-state index in [4.69, 9.17) is 16.3 Å². The van der Waals surface area contributed by atoms with Crippen molar-refractivity contribution in [2.45, 2.75) is 62.6 Å². The van der Waals surface area contributed by atoms with Gasteiger partial charge in [-0.2, -0.15) is 0 Å². The number of nitrogens with zero attached hydrogens (tertiary/aromatic N) is 2. The number of methoxy groups -OCH3 is 1. The van der Waals surface area contributed by atoms with E-state index in [0.717, 1.165) is 42.0 Å². The fourth-order valence-electron chi connectivity index (χ4n) is 4.96. The first kappa shape index (κ1) is 30.4. The second kappa shape index (κ2) is 13.9. The number of ether oxygens (including phenoxy) is 1. The standard InChI is InChI=1S/C31H36ClN3O5S/c1-23(31(37)33-26-11-5-3-6-12-26)34(21-24-16-18-28(40-2)19-17-24)30(36)22-35(27-13-9-10-25(32)20-27)41(38,39)29-14-7-4-8-15-29/h4,7-10,13-20,23,26H,3,5-6,11-12,21-22H2,1-2H3,(H,33,37). The van der Waals surface area contributed by atoms with Crippen molar-refractivity contribution in [1.82, 2.24) is 10.2 Å². The molecule has 218 valence electrons. The molecule has 1 unspecified atom stereocenters. The van der Waals surface area contributed by atoms with Gasteiger partial charge in [0.15, 0.2) is 0 Å². The molecular weight excluding hydrogens is 562 g/mol. The lowest BCUT2D eigenvalue weighted by Crippen LogP contribution is -2.53. The smallest absolute Gasteiger partial charge is 0.264 e. The summed E-state index contributed by atoms with van der Waals surface area (Å²) in [6.07, 6.45) is 5.07. The molecule has 3 aromatic carbocycles. The number of rotatable bonds is 11. The summed E-state index contributed by atoms with van der Waals surface area (Å²) in [6, 6.07) is 20.7. The number of hydrogen-bond acceptors (Lipinski definition) is 5. The van der Waals surface area contributed by atoms with Gasteiger partial charge in [0.1, 0.15) is 18.3 Å². The first-order chi connectivity index (χ1) is 19.7. The van der Waals surface area contributed by atoms with E-state index in [1.54, 1.807) is 62.6 Å². The molecule has 3 aromatic rings. The summed E-state index contributed by atoms with van der Waals surface area (Å²) in [5, 5.41) is 3.44. The van der Waals surface area contributed by atoms with Crippen LogP contribution in [0.15, 0.2) is 83.8 Å². The molecule has 1 fully saturated rings. The Hall–Kier alpha value is -3.56. The molecule has 1 aliphatic carbocycles. The Kier molecular flexibility index (Phi) is 10.3. The van der Waals surface area contributed by atoms with Crippen molar-refractivity contribution < 1.29 is 22.7 Å². The van der Waals surface area contributed by atoms with Crippen LogP contribution in [-0.2, 0) is 26.2 Å². The van der Waals surface area contributed by atoms with E-state index in [9.17, 15) is 18.0 Å². The number of halogens is 1. The van der Waals surface area contributed by atoms with Gasteiger partial charge in [0.2, 0.25) is 11.8 Å². The predicted molar refractivity (Wildman–Crippen MR) is 160 cm³/mol. The van der Waals surface area contributed by atoms with Gasteiger partial charge in [0.25, 0.3) is 10.0 Å². The molecular formula is C31H36ClN3O5S. The van der Waals surface area contributed by atoms with Crippen LogP contribution < -0.4 is 14.4 Å². The fourth-order valence-corrected chi connectivity index (χ4v) is 6.57. The molecule has 1 N–H and O–H groups in total. The largest absolute Gasteiger partial charge is 0.497 e. The van der Waals surface area contributed by atoms with Gasteiger partial charge in [-0.05, 0) is 67.8 Å². The molecule has 0 bridgehead atoms. The molecule has 0 aliphatic heterocycles. The molecule has 2 amide bonds. The van der Waals surface area contributed by atoms with Crippen LogP contribution in [-0.4, -0.2) is 50.9 Å². The summed E-state index contributed by atoms with van der Waals surface area (Å²) in [6.45, 7) is 1.26. The molecule has 0 aromatic heterocycles. The maximum absolute atomic E-state index is 14.0. The monoisotopic (exact) mass is 597 g/mol. The summed E-state index contributed by atoms with van der Waals surface area (Å²) in [5.74, 6) is -0.124. The number of hydrogen-bond donors (Lipinski definition) is 1. The van der Waals surface area contributed by atoms with Gasteiger partial charge in [-0.1, -0.05) is 67.3 Å². The van der Waals surface area contributed by atoms with Crippen molar-refractivity contribution in [3.8, 4) is 5.75 Å². The van der Waals surface area contributed by atoms with E-state index in [2.05, 4.69) is 5.32 Å². The van der Waals surface area contributed by atoms with Crippen molar-refractivity contribution in [2.24, 2.45) is 0 Å². The van der Waals surface area contributed by atoms with Gasteiger partial charge >= 0.3 is 0 Å². The van der Waals surface area contributed by atoms with Gasteiger partial charge in [0.05, 0.1) is 17.7 Å². The van der Waals surface area contributed by atoms with Crippen LogP contribution >= 0.6 is 11.6 Å². The fraction of sp³-hybridized carbons (Fsp3) is 0.355. The molecule has 0 spiro atoms. The van der Waals surface area contributed by atoms with E-state index < -0.39 is 28.5 Å². The lowest BCUT2D eigenvalue weighted by atomic mass is 9.95. The van der Waals surface area contributed by atoms with Crippen LogP contribution in [0.3, 0.4) is 0 Å². The Bertz CT molecular complexity index is 1430. The third-order valence-corrected chi connectivity index (χ3v) is 9.36. The van der Waals surface area contributed by atoms with E-state index in [1.165, 1.54) is 23.1 Å². The quantitative estimate of drug-likeness (QED) is 0.319. The zero-order chi connectivity index (χ0) is 29.4.